The molecule has 0 radical (unpaired) electrons. The Bertz CT molecular complexity index is 142. The normalized spacial score (nSPS) is 14.5. The number of hydrogen-bond acceptors (Lipinski definition) is 4. The van der Waals surface area contributed by atoms with Gasteiger partial charge in [0.05, 0.1) is 0 Å². The predicted molar refractivity (Wildman–Crippen MR) is 64.5 cm³/mol. The number of hydrogen-bond donors (Lipinski definition) is 2. The summed E-state index contributed by atoms with van der Waals surface area (Å²) in [7, 11) is -3.50. The predicted octanol–water partition coefficient (Wildman–Crippen LogP) is 0.431. The van der Waals surface area contributed by atoms with E-state index in [1.807, 2.05) is 0 Å². The van der Waals surface area contributed by atoms with E-state index < -0.39 is 10.9 Å². The van der Waals surface area contributed by atoms with Crippen molar-refractivity contribution in [1.82, 2.24) is 0 Å². The van der Waals surface area contributed by atoms with E-state index in [0.717, 1.165) is 17.4 Å². The van der Waals surface area contributed by atoms with E-state index in [4.69, 9.17) is 9.11 Å². The second kappa shape index (κ2) is 10.7. The molecule has 6 heteroatoms. The molecular formula is C9H21NaO3S2. The van der Waals surface area contributed by atoms with Crippen LogP contribution >= 0.6 is 22.6 Å². The van der Waals surface area contributed by atoms with Crippen LogP contribution in [0.1, 0.15) is 33.1 Å². The molecular weight excluding hydrogens is 243 g/mol. The Morgan fingerprint density at radius 2 is 1.93 bits per heavy atom. The molecule has 1 atom stereocenters. The van der Waals surface area contributed by atoms with Crippen LogP contribution in [0, 0.1) is 5.92 Å². The van der Waals surface area contributed by atoms with Crippen molar-refractivity contribution >= 4 is 22.6 Å². The zero-order chi connectivity index (χ0) is 11.0. The van der Waals surface area contributed by atoms with Gasteiger partial charge in [-0.3, -0.25) is 0 Å². The fourth-order valence-corrected chi connectivity index (χ4v) is 2.76. The monoisotopic (exact) mass is 264 g/mol. The van der Waals surface area contributed by atoms with Crippen LogP contribution in [-0.4, -0.2) is 30.9 Å². The summed E-state index contributed by atoms with van der Waals surface area (Å²) in [6.07, 6.45) is 3.02. The van der Waals surface area contributed by atoms with Gasteiger partial charge in [-0.05, 0) is 30.3 Å². The molecule has 0 amide bonds. The minimum atomic E-state index is -3.50. The van der Waals surface area contributed by atoms with E-state index >= 15 is 0 Å². The van der Waals surface area contributed by atoms with Gasteiger partial charge in [0.2, 0.25) is 0 Å². The van der Waals surface area contributed by atoms with Crippen LogP contribution in [0.15, 0.2) is 0 Å². The molecule has 3 nitrogen and oxygen atoms in total. The molecule has 15 heavy (non-hydrogen) atoms. The second-order valence-corrected chi connectivity index (χ2v) is 6.43. The SMILES string of the molecule is CCC(C)CCSCCCS([O-])(O)O.[Na+]. The molecule has 0 aliphatic rings. The first-order valence-electron chi connectivity index (χ1n) is 5.00. The molecule has 0 aliphatic heterocycles. The largest absolute Gasteiger partial charge is 1.00 e. The summed E-state index contributed by atoms with van der Waals surface area (Å²) in [6, 6.07) is 0. The van der Waals surface area contributed by atoms with Crippen molar-refractivity contribution < 1.29 is 43.2 Å². The topological polar surface area (TPSA) is 63.5 Å². The third kappa shape index (κ3) is 15.6. The number of rotatable bonds is 8. The zero-order valence-corrected chi connectivity index (χ0v) is 13.6. The Labute approximate surface area is 121 Å². The van der Waals surface area contributed by atoms with Crippen LogP contribution in [0.5, 0.6) is 0 Å². The molecule has 0 fully saturated rings. The maximum Gasteiger partial charge on any atom is 1.00 e. The van der Waals surface area contributed by atoms with Crippen LogP contribution in [0.25, 0.3) is 0 Å². The maximum absolute atomic E-state index is 10.5. The second-order valence-electron chi connectivity index (χ2n) is 3.58. The molecule has 1 unspecified atom stereocenters. The zero-order valence-electron chi connectivity index (χ0n) is 9.94. The van der Waals surface area contributed by atoms with Gasteiger partial charge in [-0.15, -0.1) is 10.9 Å². The third-order valence-electron chi connectivity index (χ3n) is 2.15. The molecule has 0 aromatic rings. The molecule has 0 rings (SSSR count). The average Bonchev–Trinajstić information content (AvgIpc) is 2.08. The van der Waals surface area contributed by atoms with Gasteiger partial charge >= 0.3 is 29.6 Å². The molecule has 0 saturated carbocycles. The molecule has 88 valence electrons. The van der Waals surface area contributed by atoms with Gasteiger partial charge in [0.25, 0.3) is 0 Å². The fourth-order valence-electron chi connectivity index (χ4n) is 0.940. The van der Waals surface area contributed by atoms with Crippen LogP contribution < -0.4 is 29.6 Å². The van der Waals surface area contributed by atoms with Crippen LogP contribution in [-0.2, 0) is 0 Å². The first-order valence-corrected chi connectivity index (χ1v) is 7.79. The van der Waals surface area contributed by atoms with E-state index in [2.05, 4.69) is 13.8 Å². The minimum Gasteiger partial charge on any atom is -0.773 e. The number of thioether (sulfide) groups is 1. The van der Waals surface area contributed by atoms with Gasteiger partial charge < -0.3 is 13.7 Å². The summed E-state index contributed by atoms with van der Waals surface area (Å²) in [5, 5.41) is 0. The van der Waals surface area contributed by atoms with Gasteiger partial charge in [-0.1, -0.05) is 20.3 Å². The van der Waals surface area contributed by atoms with E-state index in [1.165, 1.54) is 12.8 Å². The quantitative estimate of drug-likeness (QED) is 0.493. The standard InChI is InChI=1S/C9H22O3S2.Na/c1-3-9(2)5-7-13-6-4-8-14(10,11)12;/h9-12H,3-8H2,1-2H3;/q;+1/p-1. The van der Waals surface area contributed by atoms with Gasteiger partial charge in [0.15, 0.2) is 0 Å². The smallest absolute Gasteiger partial charge is 0.773 e. The maximum atomic E-state index is 10.5. The molecule has 0 aromatic heterocycles. The fraction of sp³-hybridized carbons (Fsp3) is 1.00. The molecule has 0 aromatic carbocycles. The van der Waals surface area contributed by atoms with Crippen LogP contribution in [0.4, 0.5) is 0 Å². The van der Waals surface area contributed by atoms with Crippen molar-refractivity contribution in [1.29, 1.82) is 0 Å². The first kappa shape index (κ1) is 18.9. The summed E-state index contributed by atoms with van der Waals surface area (Å²) in [6.45, 7) is 4.41. The molecule has 2 N–H and O–H groups in total. The Hall–Kier alpha value is 1.58. The van der Waals surface area contributed by atoms with Gasteiger partial charge in [0.1, 0.15) is 0 Å². The molecule has 0 saturated heterocycles. The van der Waals surface area contributed by atoms with Crippen molar-refractivity contribution in [3.63, 3.8) is 0 Å². The van der Waals surface area contributed by atoms with Crippen molar-refractivity contribution in [3.05, 3.63) is 0 Å². The minimum absolute atomic E-state index is 0. The Morgan fingerprint density at radius 1 is 1.33 bits per heavy atom. The van der Waals surface area contributed by atoms with E-state index in [1.54, 1.807) is 11.8 Å². The average molecular weight is 264 g/mol. The van der Waals surface area contributed by atoms with Crippen molar-refractivity contribution in [2.45, 2.75) is 33.1 Å². The Morgan fingerprint density at radius 3 is 2.40 bits per heavy atom. The Kier molecular flexibility index (Phi) is 13.5. The van der Waals surface area contributed by atoms with E-state index in [0.29, 0.717) is 6.42 Å². The summed E-state index contributed by atoms with van der Waals surface area (Å²) in [4.78, 5) is 0. The summed E-state index contributed by atoms with van der Waals surface area (Å²) in [5.74, 6) is 2.73. The van der Waals surface area contributed by atoms with Crippen molar-refractivity contribution in [2.75, 3.05) is 17.3 Å². The van der Waals surface area contributed by atoms with Crippen LogP contribution in [0.2, 0.25) is 0 Å². The molecule has 0 bridgehead atoms. The first-order chi connectivity index (χ1) is 6.45. The molecule has 0 aliphatic carbocycles. The van der Waals surface area contributed by atoms with Crippen molar-refractivity contribution in [3.8, 4) is 0 Å². The van der Waals surface area contributed by atoms with E-state index in [9.17, 15) is 4.55 Å². The van der Waals surface area contributed by atoms with Crippen molar-refractivity contribution in [2.24, 2.45) is 5.92 Å². The van der Waals surface area contributed by atoms with Gasteiger partial charge in [-0.25, -0.2) is 0 Å². The van der Waals surface area contributed by atoms with Gasteiger partial charge in [0, 0.05) is 5.75 Å². The Balaban J connectivity index is 0. The van der Waals surface area contributed by atoms with E-state index in [-0.39, 0.29) is 35.3 Å². The summed E-state index contributed by atoms with van der Waals surface area (Å²) >= 11 is 1.79. The third-order valence-corrected chi connectivity index (χ3v) is 4.07. The molecule has 0 heterocycles. The molecule has 0 spiro atoms. The van der Waals surface area contributed by atoms with Gasteiger partial charge in [-0.2, -0.15) is 11.8 Å². The summed E-state index contributed by atoms with van der Waals surface area (Å²) in [5.41, 5.74) is 0. The summed E-state index contributed by atoms with van der Waals surface area (Å²) < 4.78 is 27.6. The van der Waals surface area contributed by atoms with Crippen LogP contribution in [0.3, 0.4) is 0 Å².